The Morgan fingerprint density at radius 1 is 1.30 bits per heavy atom. The van der Waals surface area contributed by atoms with E-state index in [1.165, 1.54) is 0 Å². The first-order chi connectivity index (χ1) is 10.8. The molecule has 0 bridgehead atoms. The second-order valence-electron chi connectivity index (χ2n) is 4.35. The monoisotopic (exact) mass is 346 g/mol. The highest BCUT2D eigenvalue weighted by atomic mass is 35.5. The van der Waals surface area contributed by atoms with E-state index in [4.69, 9.17) is 26.2 Å². The number of methoxy groups -OCH3 is 1. The van der Waals surface area contributed by atoms with Gasteiger partial charge in [-0.25, -0.2) is 4.79 Å². The van der Waals surface area contributed by atoms with Crippen LogP contribution in [0.3, 0.4) is 0 Å². The number of pyridine rings is 1. The molecule has 0 unspecified atom stereocenters. The van der Waals surface area contributed by atoms with Crippen LogP contribution >= 0.6 is 11.6 Å². The maximum Gasteiger partial charge on any atom is 0.490 e. The van der Waals surface area contributed by atoms with Crippen molar-refractivity contribution >= 4 is 39.4 Å². The van der Waals surface area contributed by atoms with Crippen molar-refractivity contribution < 1.29 is 27.8 Å². The number of aromatic nitrogens is 2. The largest absolute Gasteiger partial charge is 0.495 e. The lowest BCUT2D eigenvalue weighted by Gasteiger charge is -2.02. The van der Waals surface area contributed by atoms with Crippen molar-refractivity contribution in [3.05, 3.63) is 35.6 Å². The van der Waals surface area contributed by atoms with Gasteiger partial charge in [-0.15, -0.1) is 0 Å². The number of ether oxygens (including phenoxy) is 1. The Bertz CT molecular complexity index is 861. The van der Waals surface area contributed by atoms with Gasteiger partial charge in [-0.1, -0.05) is 11.6 Å². The molecule has 2 N–H and O–H groups in total. The van der Waals surface area contributed by atoms with Gasteiger partial charge < -0.3 is 14.8 Å². The predicted molar refractivity (Wildman–Crippen MR) is 78.9 cm³/mol. The number of nitrogens with zero attached hydrogens (tertiary/aromatic N) is 1. The average molecular weight is 347 g/mol. The number of hydrogen-bond acceptors (Lipinski definition) is 3. The van der Waals surface area contributed by atoms with E-state index in [0.29, 0.717) is 10.8 Å². The van der Waals surface area contributed by atoms with E-state index in [-0.39, 0.29) is 0 Å². The zero-order chi connectivity index (χ0) is 17.2. The number of aromatic amines is 1. The minimum Gasteiger partial charge on any atom is -0.495 e. The summed E-state index contributed by atoms with van der Waals surface area (Å²) < 4.78 is 36.9. The number of H-pyrrole nitrogens is 1. The van der Waals surface area contributed by atoms with Crippen molar-refractivity contribution in [2.45, 2.75) is 6.18 Å². The summed E-state index contributed by atoms with van der Waals surface area (Å²) in [6.45, 7) is 0. The Labute approximate surface area is 132 Å². The maximum atomic E-state index is 10.6. The molecule has 2 aromatic heterocycles. The molecule has 0 aliphatic heterocycles. The van der Waals surface area contributed by atoms with Gasteiger partial charge in [0.25, 0.3) is 0 Å². The van der Waals surface area contributed by atoms with Crippen LogP contribution in [0.5, 0.6) is 5.75 Å². The molecule has 0 amide bonds. The quantitative estimate of drug-likeness (QED) is 0.698. The van der Waals surface area contributed by atoms with Gasteiger partial charge >= 0.3 is 12.1 Å². The molecule has 1 aromatic carbocycles. The second kappa shape index (κ2) is 6.33. The third-order valence-electron chi connectivity index (χ3n) is 2.94. The van der Waals surface area contributed by atoms with Crippen LogP contribution in [0.1, 0.15) is 0 Å². The van der Waals surface area contributed by atoms with Gasteiger partial charge in [0, 0.05) is 17.0 Å². The van der Waals surface area contributed by atoms with Gasteiger partial charge in [0.1, 0.15) is 10.8 Å². The zero-order valence-corrected chi connectivity index (χ0v) is 12.4. The highest BCUT2D eigenvalue weighted by Crippen LogP contribution is 2.35. The Kier molecular flexibility index (Phi) is 4.65. The molecule has 0 saturated carbocycles. The predicted octanol–water partition coefficient (Wildman–Crippen LogP) is 4.01. The molecule has 2 heterocycles. The molecule has 9 heteroatoms. The average Bonchev–Trinajstić information content (AvgIpc) is 2.87. The summed E-state index contributed by atoms with van der Waals surface area (Å²) in [5.41, 5.74) is 1.87. The number of carboxylic acids is 1. The van der Waals surface area contributed by atoms with E-state index < -0.39 is 12.1 Å². The first-order valence-electron chi connectivity index (χ1n) is 6.13. The highest BCUT2D eigenvalue weighted by molar-refractivity contribution is 6.37. The fourth-order valence-corrected chi connectivity index (χ4v) is 2.21. The molecule has 0 atom stereocenters. The minimum absolute atomic E-state index is 0.608. The molecule has 5 nitrogen and oxygen atoms in total. The third-order valence-corrected chi connectivity index (χ3v) is 3.32. The van der Waals surface area contributed by atoms with Crippen LogP contribution in [-0.2, 0) is 4.79 Å². The summed E-state index contributed by atoms with van der Waals surface area (Å²) in [7, 11) is 1.61. The van der Waals surface area contributed by atoms with Gasteiger partial charge in [-0.3, -0.25) is 4.98 Å². The van der Waals surface area contributed by atoms with E-state index in [1.807, 2.05) is 18.2 Å². The van der Waals surface area contributed by atoms with E-state index in [2.05, 4.69) is 9.97 Å². The van der Waals surface area contributed by atoms with Crippen molar-refractivity contribution in [1.29, 1.82) is 0 Å². The van der Waals surface area contributed by atoms with Gasteiger partial charge in [0.2, 0.25) is 0 Å². The van der Waals surface area contributed by atoms with Crippen LogP contribution in [-0.4, -0.2) is 34.3 Å². The fraction of sp³-hybridized carbons (Fsp3) is 0.143. The first kappa shape index (κ1) is 16.9. The Hall–Kier alpha value is -2.48. The number of halogens is 4. The van der Waals surface area contributed by atoms with Gasteiger partial charge in [0.15, 0.2) is 0 Å². The first-order valence-corrected chi connectivity index (χ1v) is 6.51. The standard InChI is InChI=1S/C12H9ClN2O.C2HF3O2/c1-16-10-3-2-8-7-4-5-14-6-9(7)15-12(8)11(10)13;3-2(4,5)1(6)7/h2-6,15H,1H3;(H,6,7). The molecule has 0 saturated heterocycles. The molecular formula is C14H10ClF3N2O3. The number of nitrogens with one attached hydrogen (secondary N) is 1. The zero-order valence-electron chi connectivity index (χ0n) is 11.6. The number of alkyl halides is 3. The van der Waals surface area contributed by atoms with E-state index in [9.17, 15) is 13.2 Å². The van der Waals surface area contributed by atoms with Crippen molar-refractivity contribution in [3.8, 4) is 5.75 Å². The number of benzene rings is 1. The van der Waals surface area contributed by atoms with Crippen molar-refractivity contribution in [2.24, 2.45) is 0 Å². The summed E-state index contributed by atoms with van der Waals surface area (Å²) in [6.07, 6.45) is -1.52. The topological polar surface area (TPSA) is 75.2 Å². The lowest BCUT2D eigenvalue weighted by atomic mass is 10.2. The molecule has 3 aromatic rings. The second-order valence-corrected chi connectivity index (χ2v) is 4.73. The molecular weight excluding hydrogens is 337 g/mol. The SMILES string of the molecule is COc1ccc2c([nH]c3cnccc32)c1Cl.O=C(O)C(F)(F)F. The number of aliphatic carboxylic acids is 1. The van der Waals surface area contributed by atoms with Gasteiger partial charge in [0.05, 0.1) is 24.3 Å². The summed E-state index contributed by atoms with van der Waals surface area (Å²) in [5.74, 6) is -2.08. The minimum atomic E-state index is -5.08. The third kappa shape index (κ3) is 3.48. The molecule has 3 rings (SSSR count). The summed E-state index contributed by atoms with van der Waals surface area (Å²) in [5, 5.41) is 9.94. The van der Waals surface area contributed by atoms with Crippen molar-refractivity contribution in [2.75, 3.05) is 7.11 Å². The highest BCUT2D eigenvalue weighted by Gasteiger charge is 2.38. The number of rotatable bonds is 1. The van der Waals surface area contributed by atoms with Crippen LogP contribution in [0.4, 0.5) is 13.2 Å². The molecule has 122 valence electrons. The molecule has 0 aliphatic rings. The summed E-state index contributed by atoms with van der Waals surface area (Å²) in [6, 6.07) is 5.84. The molecule has 0 aliphatic carbocycles. The lowest BCUT2D eigenvalue weighted by molar-refractivity contribution is -0.192. The van der Waals surface area contributed by atoms with Gasteiger partial charge in [-0.2, -0.15) is 13.2 Å². The summed E-state index contributed by atoms with van der Waals surface area (Å²) in [4.78, 5) is 16.2. The lowest BCUT2D eigenvalue weighted by Crippen LogP contribution is -2.21. The smallest absolute Gasteiger partial charge is 0.490 e. The van der Waals surface area contributed by atoms with Gasteiger partial charge in [-0.05, 0) is 18.2 Å². The van der Waals surface area contributed by atoms with Crippen LogP contribution in [0, 0.1) is 0 Å². The van der Waals surface area contributed by atoms with E-state index in [0.717, 1.165) is 21.8 Å². The van der Waals surface area contributed by atoms with Crippen molar-refractivity contribution in [3.63, 3.8) is 0 Å². The molecule has 0 spiro atoms. The normalized spacial score (nSPS) is 11.2. The number of fused-ring (bicyclic) bond motifs is 3. The Balaban J connectivity index is 0.000000236. The van der Waals surface area contributed by atoms with Crippen LogP contribution < -0.4 is 4.74 Å². The van der Waals surface area contributed by atoms with Crippen LogP contribution in [0.25, 0.3) is 21.8 Å². The number of carbonyl (C=O) groups is 1. The van der Waals surface area contributed by atoms with Crippen LogP contribution in [0.2, 0.25) is 5.02 Å². The molecule has 0 radical (unpaired) electrons. The van der Waals surface area contributed by atoms with E-state index in [1.54, 1.807) is 19.5 Å². The molecule has 0 fully saturated rings. The van der Waals surface area contributed by atoms with Crippen molar-refractivity contribution in [1.82, 2.24) is 9.97 Å². The number of carboxylic acid groups (broad SMARTS) is 1. The van der Waals surface area contributed by atoms with E-state index >= 15 is 0 Å². The Morgan fingerprint density at radius 3 is 2.52 bits per heavy atom. The van der Waals surface area contributed by atoms with Crippen LogP contribution in [0.15, 0.2) is 30.6 Å². The molecule has 23 heavy (non-hydrogen) atoms. The summed E-state index contributed by atoms with van der Waals surface area (Å²) >= 11 is 6.24. The number of hydrogen-bond donors (Lipinski definition) is 2. The Morgan fingerprint density at radius 2 is 1.96 bits per heavy atom. The maximum absolute atomic E-state index is 10.6. The fourth-order valence-electron chi connectivity index (χ4n) is 1.92.